The van der Waals surface area contributed by atoms with E-state index in [0.29, 0.717) is 17.4 Å². The fourth-order valence-electron chi connectivity index (χ4n) is 2.88. The largest absolute Gasteiger partial charge is 0.344 e. The van der Waals surface area contributed by atoms with Crippen molar-refractivity contribution in [1.29, 1.82) is 0 Å². The molecule has 0 spiro atoms. The Bertz CT molecular complexity index is 536. The standard InChI is InChI=1S/C18H25ClN2O2/c1-13(2)11-16(18(23)21-9-3-4-10-21)20-17(22)12-14-5-7-15(19)8-6-14/h5-8,13,16H,3-4,9-12H2,1-2H3,(H,20,22)/t16-/m0/s1. The zero-order chi connectivity index (χ0) is 16.8. The summed E-state index contributed by atoms with van der Waals surface area (Å²) in [5, 5.41) is 3.57. The lowest BCUT2D eigenvalue weighted by atomic mass is 10.0. The Labute approximate surface area is 143 Å². The molecule has 23 heavy (non-hydrogen) atoms. The molecule has 1 saturated heterocycles. The van der Waals surface area contributed by atoms with Crippen LogP contribution in [0.25, 0.3) is 0 Å². The van der Waals surface area contributed by atoms with Gasteiger partial charge in [0.2, 0.25) is 11.8 Å². The van der Waals surface area contributed by atoms with Crippen LogP contribution < -0.4 is 5.32 Å². The highest BCUT2D eigenvalue weighted by atomic mass is 35.5. The number of carbonyl (C=O) groups excluding carboxylic acids is 2. The maximum absolute atomic E-state index is 12.6. The topological polar surface area (TPSA) is 49.4 Å². The first-order chi connectivity index (χ1) is 11.0. The summed E-state index contributed by atoms with van der Waals surface area (Å²) < 4.78 is 0. The molecule has 5 heteroatoms. The smallest absolute Gasteiger partial charge is 0.245 e. The molecule has 1 atom stereocenters. The van der Waals surface area contributed by atoms with E-state index in [1.54, 1.807) is 12.1 Å². The van der Waals surface area contributed by atoms with Gasteiger partial charge in [-0.2, -0.15) is 0 Å². The average molecular weight is 337 g/mol. The van der Waals surface area contributed by atoms with Crippen LogP contribution in [0, 0.1) is 5.92 Å². The van der Waals surface area contributed by atoms with Crippen molar-refractivity contribution in [2.75, 3.05) is 13.1 Å². The van der Waals surface area contributed by atoms with Crippen LogP contribution in [0.15, 0.2) is 24.3 Å². The molecule has 1 fully saturated rings. The first-order valence-corrected chi connectivity index (χ1v) is 8.66. The van der Waals surface area contributed by atoms with E-state index < -0.39 is 6.04 Å². The van der Waals surface area contributed by atoms with E-state index in [4.69, 9.17) is 11.6 Å². The zero-order valence-electron chi connectivity index (χ0n) is 13.8. The number of halogens is 1. The minimum absolute atomic E-state index is 0.0562. The van der Waals surface area contributed by atoms with Gasteiger partial charge in [0, 0.05) is 18.1 Å². The number of likely N-dealkylation sites (tertiary alicyclic amines) is 1. The van der Waals surface area contributed by atoms with Crippen molar-refractivity contribution in [3.8, 4) is 0 Å². The minimum Gasteiger partial charge on any atom is -0.344 e. The molecule has 4 nitrogen and oxygen atoms in total. The molecule has 0 aliphatic carbocycles. The number of rotatable bonds is 6. The lowest BCUT2D eigenvalue weighted by Crippen LogP contribution is -2.48. The van der Waals surface area contributed by atoms with Gasteiger partial charge < -0.3 is 10.2 Å². The third-order valence-electron chi connectivity index (χ3n) is 4.04. The van der Waals surface area contributed by atoms with E-state index in [1.165, 1.54) is 0 Å². The summed E-state index contributed by atoms with van der Waals surface area (Å²) in [7, 11) is 0. The number of hydrogen-bond acceptors (Lipinski definition) is 2. The molecule has 126 valence electrons. The second-order valence-corrected chi connectivity index (χ2v) is 7.02. The quantitative estimate of drug-likeness (QED) is 0.868. The molecule has 0 bridgehead atoms. The van der Waals surface area contributed by atoms with E-state index in [1.807, 2.05) is 17.0 Å². The molecule has 0 unspecified atom stereocenters. The summed E-state index contributed by atoms with van der Waals surface area (Å²) in [6.45, 7) is 5.74. The van der Waals surface area contributed by atoms with Crippen LogP contribution in [0.3, 0.4) is 0 Å². The van der Waals surface area contributed by atoms with E-state index in [9.17, 15) is 9.59 Å². The Morgan fingerprint density at radius 3 is 2.35 bits per heavy atom. The maximum atomic E-state index is 12.6. The Morgan fingerprint density at radius 1 is 1.17 bits per heavy atom. The lowest BCUT2D eigenvalue weighted by Gasteiger charge is -2.25. The second kappa shape index (κ2) is 8.34. The third-order valence-corrected chi connectivity index (χ3v) is 4.29. The highest BCUT2D eigenvalue weighted by molar-refractivity contribution is 6.30. The molecule has 0 saturated carbocycles. The number of nitrogens with one attached hydrogen (secondary N) is 1. The Hall–Kier alpha value is -1.55. The van der Waals surface area contributed by atoms with Crippen molar-refractivity contribution in [1.82, 2.24) is 10.2 Å². The summed E-state index contributed by atoms with van der Waals surface area (Å²) >= 11 is 5.85. The number of carbonyl (C=O) groups is 2. The van der Waals surface area contributed by atoms with Crippen LogP contribution in [0.5, 0.6) is 0 Å². The fourth-order valence-corrected chi connectivity index (χ4v) is 3.01. The van der Waals surface area contributed by atoms with Gasteiger partial charge in [-0.15, -0.1) is 0 Å². The molecular formula is C18H25ClN2O2. The fraction of sp³-hybridized carbons (Fsp3) is 0.556. The van der Waals surface area contributed by atoms with Gasteiger partial charge in [0.25, 0.3) is 0 Å². The molecule has 1 aliphatic heterocycles. The Balaban J connectivity index is 1.96. The summed E-state index contributed by atoms with van der Waals surface area (Å²) in [5.41, 5.74) is 0.892. The molecular weight excluding hydrogens is 312 g/mol. The average Bonchev–Trinajstić information content (AvgIpc) is 3.02. The van der Waals surface area contributed by atoms with Crippen LogP contribution in [0.4, 0.5) is 0 Å². The van der Waals surface area contributed by atoms with E-state index in [0.717, 1.165) is 31.5 Å². The summed E-state index contributed by atoms with van der Waals surface area (Å²) in [6, 6.07) is 6.78. The lowest BCUT2D eigenvalue weighted by molar-refractivity contribution is -0.135. The van der Waals surface area contributed by atoms with Crippen molar-refractivity contribution in [3.05, 3.63) is 34.9 Å². The molecule has 1 N–H and O–H groups in total. The van der Waals surface area contributed by atoms with Gasteiger partial charge in [0.1, 0.15) is 6.04 Å². The third kappa shape index (κ3) is 5.54. The van der Waals surface area contributed by atoms with Gasteiger partial charge in [0.15, 0.2) is 0 Å². The van der Waals surface area contributed by atoms with Crippen LogP contribution in [0.2, 0.25) is 5.02 Å². The van der Waals surface area contributed by atoms with E-state index in [-0.39, 0.29) is 18.2 Å². The first kappa shape index (κ1) is 17.8. The van der Waals surface area contributed by atoms with Crippen LogP contribution in [-0.2, 0) is 16.0 Å². The van der Waals surface area contributed by atoms with Gasteiger partial charge in [-0.25, -0.2) is 0 Å². The Kier molecular flexibility index (Phi) is 6.46. The molecule has 2 amide bonds. The van der Waals surface area contributed by atoms with Gasteiger partial charge in [-0.05, 0) is 42.9 Å². The molecule has 1 aromatic rings. The zero-order valence-corrected chi connectivity index (χ0v) is 14.6. The van der Waals surface area contributed by atoms with Gasteiger partial charge in [0.05, 0.1) is 6.42 Å². The summed E-state index contributed by atoms with van der Waals surface area (Å²) in [5.74, 6) is 0.286. The van der Waals surface area contributed by atoms with Crippen molar-refractivity contribution in [2.45, 2.75) is 45.6 Å². The predicted molar refractivity (Wildman–Crippen MR) is 92.4 cm³/mol. The number of benzene rings is 1. The molecule has 1 aliphatic rings. The number of hydrogen-bond donors (Lipinski definition) is 1. The van der Waals surface area contributed by atoms with Gasteiger partial charge in [-0.3, -0.25) is 9.59 Å². The predicted octanol–water partition coefficient (Wildman–Crippen LogP) is 3.04. The highest BCUT2D eigenvalue weighted by Gasteiger charge is 2.28. The van der Waals surface area contributed by atoms with Gasteiger partial charge >= 0.3 is 0 Å². The molecule has 1 aromatic carbocycles. The first-order valence-electron chi connectivity index (χ1n) is 8.28. The molecule has 0 aromatic heterocycles. The normalized spacial score (nSPS) is 15.7. The highest BCUT2D eigenvalue weighted by Crippen LogP contribution is 2.14. The maximum Gasteiger partial charge on any atom is 0.245 e. The molecule has 0 radical (unpaired) electrons. The monoisotopic (exact) mass is 336 g/mol. The number of amides is 2. The molecule has 2 rings (SSSR count). The number of nitrogens with zero attached hydrogens (tertiary/aromatic N) is 1. The summed E-state index contributed by atoms with van der Waals surface area (Å²) in [4.78, 5) is 26.8. The van der Waals surface area contributed by atoms with Crippen molar-refractivity contribution in [2.24, 2.45) is 5.92 Å². The Morgan fingerprint density at radius 2 is 1.78 bits per heavy atom. The van der Waals surface area contributed by atoms with Crippen molar-refractivity contribution >= 4 is 23.4 Å². The van der Waals surface area contributed by atoms with Gasteiger partial charge in [-0.1, -0.05) is 37.6 Å². The minimum atomic E-state index is -0.423. The van der Waals surface area contributed by atoms with Crippen molar-refractivity contribution < 1.29 is 9.59 Å². The van der Waals surface area contributed by atoms with Crippen LogP contribution >= 0.6 is 11.6 Å². The van der Waals surface area contributed by atoms with E-state index >= 15 is 0 Å². The van der Waals surface area contributed by atoms with Crippen LogP contribution in [0.1, 0.15) is 38.7 Å². The SMILES string of the molecule is CC(C)C[C@H](NC(=O)Cc1ccc(Cl)cc1)C(=O)N1CCCC1. The van der Waals surface area contributed by atoms with Crippen LogP contribution in [-0.4, -0.2) is 35.8 Å². The van der Waals surface area contributed by atoms with E-state index in [2.05, 4.69) is 19.2 Å². The van der Waals surface area contributed by atoms with Crippen molar-refractivity contribution in [3.63, 3.8) is 0 Å². The second-order valence-electron chi connectivity index (χ2n) is 6.59. The summed E-state index contributed by atoms with van der Waals surface area (Å²) in [6.07, 6.45) is 3.04. The molecule has 1 heterocycles.